The van der Waals surface area contributed by atoms with Gasteiger partial charge in [-0.3, -0.25) is 4.79 Å². The Morgan fingerprint density at radius 1 is 1.47 bits per heavy atom. The monoisotopic (exact) mass is 251 g/mol. The van der Waals surface area contributed by atoms with Crippen molar-refractivity contribution in [2.24, 2.45) is 0 Å². The SMILES string of the molecule is CSc1ccccc1C(=O)N1CCCC(O)C1. The summed E-state index contributed by atoms with van der Waals surface area (Å²) in [5, 5.41) is 9.60. The van der Waals surface area contributed by atoms with Crippen molar-refractivity contribution in [2.75, 3.05) is 19.3 Å². The minimum Gasteiger partial charge on any atom is -0.391 e. The molecule has 1 fully saturated rings. The minimum absolute atomic E-state index is 0.0358. The maximum atomic E-state index is 12.3. The molecule has 4 heteroatoms. The van der Waals surface area contributed by atoms with E-state index in [0.29, 0.717) is 6.54 Å². The lowest BCUT2D eigenvalue weighted by molar-refractivity contribution is 0.0471. The second-order valence-electron chi connectivity index (χ2n) is 4.25. The fourth-order valence-corrected chi connectivity index (χ4v) is 2.72. The number of aliphatic hydroxyl groups is 1. The fraction of sp³-hybridized carbons (Fsp3) is 0.462. The normalized spacial score (nSPS) is 20.4. The molecule has 0 spiro atoms. The lowest BCUT2D eigenvalue weighted by Gasteiger charge is -2.30. The molecule has 2 rings (SSSR count). The predicted molar refractivity (Wildman–Crippen MR) is 69.4 cm³/mol. The molecule has 1 aliphatic rings. The van der Waals surface area contributed by atoms with E-state index in [2.05, 4.69) is 0 Å². The first-order chi connectivity index (χ1) is 8.22. The third-order valence-electron chi connectivity index (χ3n) is 3.02. The average molecular weight is 251 g/mol. The zero-order valence-electron chi connectivity index (χ0n) is 9.93. The maximum absolute atomic E-state index is 12.3. The van der Waals surface area contributed by atoms with E-state index in [-0.39, 0.29) is 12.0 Å². The summed E-state index contributed by atoms with van der Waals surface area (Å²) in [5.74, 6) is 0.0358. The number of benzene rings is 1. The Morgan fingerprint density at radius 2 is 2.24 bits per heavy atom. The summed E-state index contributed by atoms with van der Waals surface area (Å²) in [4.78, 5) is 15.1. The van der Waals surface area contributed by atoms with Gasteiger partial charge >= 0.3 is 0 Å². The van der Waals surface area contributed by atoms with Gasteiger partial charge in [0.15, 0.2) is 0 Å². The molecule has 3 nitrogen and oxygen atoms in total. The predicted octanol–water partition coefficient (Wildman–Crippen LogP) is 2.01. The number of hydrogen-bond acceptors (Lipinski definition) is 3. The Balaban J connectivity index is 2.18. The maximum Gasteiger partial charge on any atom is 0.255 e. The van der Waals surface area contributed by atoms with Gasteiger partial charge in [0, 0.05) is 18.0 Å². The number of amides is 1. The van der Waals surface area contributed by atoms with Crippen molar-refractivity contribution in [1.29, 1.82) is 0 Å². The van der Waals surface area contributed by atoms with E-state index in [4.69, 9.17) is 0 Å². The summed E-state index contributed by atoms with van der Waals surface area (Å²) >= 11 is 1.58. The van der Waals surface area contributed by atoms with Gasteiger partial charge in [-0.25, -0.2) is 0 Å². The van der Waals surface area contributed by atoms with Crippen molar-refractivity contribution in [3.05, 3.63) is 29.8 Å². The molecule has 1 saturated heterocycles. The summed E-state index contributed by atoms with van der Waals surface area (Å²) in [6, 6.07) is 7.63. The highest BCUT2D eigenvalue weighted by molar-refractivity contribution is 7.98. The summed E-state index contributed by atoms with van der Waals surface area (Å²) in [6.45, 7) is 1.21. The third kappa shape index (κ3) is 2.82. The van der Waals surface area contributed by atoms with E-state index in [1.807, 2.05) is 30.5 Å². The van der Waals surface area contributed by atoms with Crippen LogP contribution < -0.4 is 0 Å². The number of nitrogens with zero attached hydrogens (tertiary/aromatic N) is 1. The lowest BCUT2D eigenvalue weighted by atomic mass is 10.1. The molecule has 1 atom stereocenters. The van der Waals surface area contributed by atoms with Gasteiger partial charge in [-0.15, -0.1) is 11.8 Å². The lowest BCUT2D eigenvalue weighted by Crippen LogP contribution is -2.42. The Hall–Kier alpha value is -1.00. The van der Waals surface area contributed by atoms with Gasteiger partial charge in [-0.2, -0.15) is 0 Å². The Labute approximate surface area is 106 Å². The molecule has 0 saturated carbocycles. The first-order valence-electron chi connectivity index (χ1n) is 5.82. The van der Waals surface area contributed by atoms with Crippen LogP contribution in [0.4, 0.5) is 0 Å². The Kier molecular flexibility index (Phi) is 4.07. The number of piperidine rings is 1. The van der Waals surface area contributed by atoms with Crippen molar-refractivity contribution >= 4 is 17.7 Å². The van der Waals surface area contributed by atoms with Crippen molar-refractivity contribution in [3.63, 3.8) is 0 Å². The van der Waals surface area contributed by atoms with Crippen LogP contribution in [0.15, 0.2) is 29.2 Å². The summed E-state index contributed by atoms with van der Waals surface area (Å²) in [7, 11) is 0. The largest absolute Gasteiger partial charge is 0.391 e. The quantitative estimate of drug-likeness (QED) is 0.817. The smallest absolute Gasteiger partial charge is 0.255 e. The van der Waals surface area contributed by atoms with Crippen LogP contribution in [-0.4, -0.2) is 41.4 Å². The molecule has 0 radical (unpaired) electrons. The molecule has 17 heavy (non-hydrogen) atoms. The number of carbonyl (C=O) groups excluding carboxylic acids is 1. The van der Waals surface area contributed by atoms with Crippen LogP contribution in [-0.2, 0) is 0 Å². The molecule has 0 aromatic heterocycles. The van der Waals surface area contributed by atoms with Gasteiger partial charge in [0.1, 0.15) is 0 Å². The van der Waals surface area contributed by atoms with Gasteiger partial charge in [0.2, 0.25) is 0 Å². The summed E-state index contributed by atoms with van der Waals surface area (Å²) in [6.07, 6.45) is 3.29. The molecule has 1 aromatic rings. The number of β-amino-alcohol motifs (C(OH)–C–C–N with tert-alkyl or cyclic N) is 1. The molecular weight excluding hydrogens is 234 g/mol. The molecule has 1 aliphatic heterocycles. The molecule has 1 heterocycles. The molecule has 1 aromatic carbocycles. The number of likely N-dealkylation sites (tertiary alicyclic amines) is 1. The molecule has 0 bridgehead atoms. The van der Waals surface area contributed by atoms with Crippen molar-refractivity contribution < 1.29 is 9.90 Å². The first-order valence-corrected chi connectivity index (χ1v) is 7.05. The van der Waals surface area contributed by atoms with Crippen molar-refractivity contribution in [2.45, 2.75) is 23.8 Å². The standard InChI is InChI=1S/C13H17NO2S/c1-17-12-7-3-2-6-11(12)13(16)14-8-4-5-10(15)9-14/h2-3,6-7,10,15H,4-5,8-9H2,1H3. The highest BCUT2D eigenvalue weighted by Crippen LogP contribution is 2.22. The molecule has 92 valence electrons. The van der Waals surface area contributed by atoms with Crippen LogP contribution in [0.5, 0.6) is 0 Å². The van der Waals surface area contributed by atoms with Gasteiger partial charge in [-0.05, 0) is 31.2 Å². The number of hydrogen-bond donors (Lipinski definition) is 1. The van der Waals surface area contributed by atoms with Gasteiger partial charge in [0.25, 0.3) is 5.91 Å². The first kappa shape index (κ1) is 12.5. The average Bonchev–Trinajstić information content (AvgIpc) is 2.38. The van der Waals surface area contributed by atoms with Crippen LogP contribution in [0, 0.1) is 0 Å². The van der Waals surface area contributed by atoms with E-state index in [1.54, 1.807) is 16.7 Å². The second-order valence-corrected chi connectivity index (χ2v) is 5.10. The van der Waals surface area contributed by atoms with E-state index in [9.17, 15) is 9.90 Å². The van der Waals surface area contributed by atoms with Gasteiger partial charge in [-0.1, -0.05) is 12.1 Å². The van der Waals surface area contributed by atoms with Crippen LogP contribution in [0.2, 0.25) is 0 Å². The van der Waals surface area contributed by atoms with Crippen LogP contribution in [0.25, 0.3) is 0 Å². The third-order valence-corrected chi connectivity index (χ3v) is 3.82. The van der Waals surface area contributed by atoms with E-state index in [1.165, 1.54) is 0 Å². The van der Waals surface area contributed by atoms with Crippen LogP contribution in [0.1, 0.15) is 23.2 Å². The molecule has 0 aliphatic carbocycles. The van der Waals surface area contributed by atoms with E-state index in [0.717, 1.165) is 29.8 Å². The van der Waals surface area contributed by atoms with Crippen LogP contribution in [0.3, 0.4) is 0 Å². The fourth-order valence-electron chi connectivity index (χ4n) is 2.13. The summed E-state index contributed by atoms with van der Waals surface area (Å²) in [5.41, 5.74) is 0.745. The zero-order chi connectivity index (χ0) is 12.3. The molecule has 1 N–H and O–H groups in total. The topological polar surface area (TPSA) is 40.5 Å². The molecule has 1 unspecified atom stereocenters. The Morgan fingerprint density at radius 3 is 2.94 bits per heavy atom. The number of aliphatic hydroxyl groups excluding tert-OH is 1. The van der Waals surface area contributed by atoms with Crippen molar-refractivity contribution in [3.8, 4) is 0 Å². The van der Waals surface area contributed by atoms with Gasteiger partial charge < -0.3 is 10.0 Å². The Bertz CT molecular complexity index is 408. The number of rotatable bonds is 2. The second kappa shape index (κ2) is 5.56. The van der Waals surface area contributed by atoms with Crippen molar-refractivity contribution in [1.82, 2.24) is 4.90 Å². The number of thioether (sulfide) groups is 1. The van der Waals surface area contributed by atoms with E-state index >= 15 is 0 Å². The zero-order valence-corrected chi connectivity index (χ0v) is 10.7. The summed E-state index contributed by atoms with van der Waals surface area (Å²) < 4.78 is 0. The minimum atomic E-state index is -0.367. The highest BCUT2D eigenvalue weighted by atomic mass is 32.2. The number of carbonyl (C=O) groups is 1. The van der Waals surface area contributed by atoms with Gasteiger partial charge in [0.05, 0.1) is 11.7 Å². The molecule has 1 amide bonds. The van der Waals surface area contributed by atoms with Crippen LogP contribution >= 0.6 is 11.8 Å². The van der Waals surface area contributed by atoms with E-state index < -0.39 is 0 Å². The highest BCUT2D eigenvalue weighted by Gasteiger charge is 2.24. The molecular formula is C13H17NO2S.